The van der Waals surface area contributed by atoms with E-state index in [2.05, 4.69) is 36.4 Å². The summed E-state index contributed by atoms with van der Waals surface area (Å²) in [4.78, 5) is 4.91. The van der Waals surface area contributed by atoms with Gasteiger partial charge in [-0.05, 0) is 53.4 Å². The first-order valence-electron chi connectivity index (χ1n) is 9.03. The number of benzene rings is 3. The number of hydrogen-bond donors (Lipinski definition) is 1. The van der Waals surface area contributed by atoms with Crippen molar-refractivity contribution < 1.29 is 9.84 Å². The Morgan fingerprint density at radius 1 is 0.852 bits per heavy atom. The Hall–Kier alpha value is -3.17. The van der Waals surface area contributed by atoms with E-state index in [-0.39, 0.29) is 6.61 Å². The van der Waals surface area contributed by atoms with Crippen molar-refractivity contribution >= 4 is 10.9 Å². The predicted octanol–water partition coefficient (Wildman–Crippen LogP) is 5.11. The summed E-state index contributed by atoms with van der Waals surface area (Å²) in [5.74, 6) is 0.784. The van der Waals surface area contributed by atoms with Crippen LogP contribution < -0.4 is 4.74 Å². The lowest BCUT2D eigenvalue weighted by Gasteiger charge is -2.14. The van der Waals surface area contributed by atoms with Crippen molar-refractivity contribution in [2.24, 2.45) is 0 Å². The minimum absolute atomic E-state index is 0.0826. The summed E-state index contributed by atoms with van der Waals surface area (Å²) in [7, 11) is 1.65. The molecule has 0 aliphatic carbocycles. The van der Waals surface area contributed by atoms with Gasteiger partial charge in [-0.15, -0.1) is 0 Å². The molecule has 0 fully saturated rings. The number of hydrogen-bond acceptors (Lipinski definition) is 3. The summed E-state index contributed by atoms with van der Waals surface area (Å²) in [5.41, 5.74) is 6.22. The van der Waals surface area contributed by atoms with Crippen molar-refractivity contribution in [1.82, 2.24) is 4.98 Å². The maximum atomic E-state index is 9.50. The number of rotatable bonds is 5. The Bertz CT molecular complexity index is 1070. The summed E-state index contributed by atoms with van der Waals surface area (Å²) >= 11 is 0. The van der Waals surface area contributed by atoms with E-state index in [0.717, 1.165) is 44.6 Å². The largest absolute Gasteiger partial charge is 0.497 e. The fourth-order valence-corrected chi connectivity index (χ4v) is 3.44. The van der Waals surface area contributed by atoms with Gasteiger partial charge in [-0.25, -0.2) is 4.98 Å². The first kappa shape index (κ1) is 17.3. The SMILES string of the molecule is COc1ccc(-c2cc(-c3ccccc3)c3ccccc3n2)c(CCO)c1. The quantitative estimate of drug-likeness (QED) is 0.541. The number of aliphatic hydroxyl groups is 1. The lowest BCUT2D eigenvalue weighted by Crippen LogP contribution is -1.98. The summed E-state index contributed by atoms with van der Waals surface area (Å²) in [6.45, 7) is 0.0826. The number of nitrogens with zero attached hydrogens (tertiary/aromatic N) is 1. The zero-order chi connectivity index (χ0) is 18.6. The van der Waals surface area contributed by atoms with Crippen molar-refractivity contribution in [2.75, 3.05) is 13.7 Å². The number of pyridine rings is 1. The van der Waals surface area contributed by atoms with Crippen molar-refractivity contribution in [3.63, 3.8) is 0 Å². The van der Waals surface area contributed by atoms with Crippen LogP contribution in [0.25, 0.3) is 33.3 Å². The molecule has 0 bridgehead atoms. The monoisotopic (exact) mass is 355 g/mol. The average Bonchev–Trinajstić information content (AvgIpc) is 2.73. The second kappa shape index (κ2) is 7.60. The average molecular weight is 355 g/mol. The molecule has 4 aromatic rings. The van der Waals surface area contributed by atoms with Gasteiger partial charge >= 0.3 is 0 Å². The van der Waals surface area contributed by atoms with Crippen LogP contribution in [-0.4, -0.2) is 23.8 Å². The van der Waals surface area contributed by atoms with Crippen LogP contribution in [0.1, 0.15) is 5.56 Å². The molecule has 0 aliphatic rings. The number of ether oxygens (including phenoxy) is 1. The van der Waals surface area contributed by atoms with Gasteiger partial charge in [0, 0.05) is 17.6 Å². The molecule has 0 atom stereocenters. The third kappa shape index (κ3) is 3.42. The molecule has 0 aliphatic heterocycles. The van der Waals surface area contributed by atoms with E-state index < -0.39 is 0 Å². The fraction of sp³-hybridized carbons (Fsp3) is 0.125. The molecule has 0 spiro atoms. The molecule has 0 saturated heterocycles. The minimum atomic E-state index is 0.0826. The highest BCUT2D eigenvalue weighted by molar-refractivity contribution is 5.96. The lowest BCUT2D eigenvalue weighted by atomic mass is 9.95. The molecule has 1 N–H and O–H groups in total. The van der Waals surface area contributed by atoms with Crippen LogP contribution in [0.3, 0.4) is 0 Å². The smallest absolute Gasteiger partial charge is 0.119 e. The molecule has 1 heterocycles. The maximum Gasteiger partial charge on any atom is 0.119 e. The van der Waals surface area contributed by atoms with Gasteiger partial charge in [0.1, 0.15) is 5.75 Å². The Kier molecular flexibility index (Phi) is 4.86. The zero-order valence-corrected chi connectivity index (χ0v) is 15.2. The summed E-state index contributed by atoms with van der Waals surface area (Å²) in [5, 5.41) is 10.6. The second-order valence-electron chi connectivity index (χ2n) is 6.43. The number of aliphatic hydroxyl groups excluding tert-OH is 1. The Morgan fingerprint density at radius 3 is 2.41 bits per heavy atom. The van der Waals surface area contributed by atoms with Gasteiger partial charge in [0.2, 0.25) is 0 Å². The Morgan fingerprint density at radius 2 is 1.63 bits per heavy atom. The van der Waals surface area contributed by atoms with E-state index in [0.29, 0.717) is 6.42 Å². The first-order valence-corrected chi connectivity index (χ1v) is 9.03. The normalized spacial score (nSPS) is 10.9. The number of aromatic nitrogens is 1. The first-order chi connectivity index (χ1) is 13.3. The van der Waals surface area contributed by atoms with Crippen LogP contribution >= 0.6 is 0 Å². The second-order valence-corrected chi connectivity index (χ2v) is 6.43. The van der Waals surface area contributed by atoms with Gasteiger partial charge in [0.15, 0.2) is 0 Å². The molecular weight excluding hydrogens is 334 g/mol. The summed E-state index contributed by atoms with van der Waals surface area (Å²) < 4.78 is 5.35. The van der Waals surface area contributed by atoms with Crippen LogP contribution in [0.2, 0.25) is 0 Å². The van der Waals surface area contributed by atoms with E-state index in [1.165, 1.54) is 0 Å². The molecule has 3 heteroatoms. The third-order valence-corrected chi connectivity index (χ3v) is 4.77. The molecule has 1 aromatic heterocycles. The van der Waals surface area contributed by atoms with Gasteiger partial charge in [-0.1, -0.05) is 48.5 Å². The fourth-order valence-electron chi connectivity index (χ4n) is 3.44. The highest BCUT2D eigenvalue weighted by Crippen LogP contribution is 2.34. The molecule has 0 saturated carbocycles. The van der Waals surface area contributed by atoms with E-state index in [9.17, 15) is 5.11 Å². The van der Waals surface area contributed by atoms with Crippen molar-refractivity contribution in [3.05, 3.63) is 84.4 Å². The van der Waals surface area contributed by atoms with E-state index in [1.807, 2.05) is 42.5 Å². The van der Waals surface area contributed by atoms with Crippen molar-refractivity contribution in [2.45, 2.75) is 6.42 Å². The molecule has 0 radical (unpaired) electrons. The molecule has 3 nitrogen and oxygen atoms in total. The molecular formula is C24H21NO2. The van der Waals surface area contributed by atoms with Crippen LogP contribution in [0.15, 0.2) is 78.9 Å². The van der Waals surface area contributed by atoms with Gasteiger partial charge in [0.25, 0.3) is 0 Å². The summed E-state index contributed by atoms with van der Waals surface area (Å²) in [6, 6.07) is 26.6. The molecule has 3 aromatic carbocycles. The summed E-state index contributed by atoms with van der Waals surface area (Å²) in [6.07, 6.45) is 0.557. The van der Waals surface area contributed by atoms with Crippen LogP contribution in [0, 0.1) is 0 Å². The van der Waals surface area contributed by atoms with E-state index >= 15 is 0 Å². The van der Waals surface area contributed by atoms with Crippen LogP contribution in [0.4, 0.5) is 0 Å². The van der Waals surface area contributed by atoms with Crippen molar-refractivity contribution in [1.29, 1.82) is 0 Å². The highest BCUT2D eigenvalue weighted by Gasteiger charge is 2.12. The number of methoxy groups -OCH3 is 1. The minimum Gasteiger partial charge on any atom is -0.497 e. The van der Waals surface area contributed by atoms with E-state index in [1.54, 1.807) is 7.11 Å². The molecule has 134 valence electrons. The number of fused-ring (bicyclic) bond motifs is 1. The van der Waals surface area contributed by atoms with Gasteiger partial charge in [-0.3, -0.25) is 0 Å². The Labute approximate surface area is 158 Å². The third-order valence-electron chi connectivity index (χ3n) is 4.77. The Balaban J connectivity index is 1.96. The number of para-hydroxylation sites is 1. The zero-order valence-electron chi connectivity index (χ0n) is 15.2. The molecule has 4 rings (SSSR count). The van der Waals surface area contributed by atoms with E-state index in [4.69, 9.17) is 9.72 Å². The van der Waals surface area contributed by atoms with Gasteiger partial charge in [-0.2, -0.15) is 0 Å². The van der Waals surface area contributed by atoms with Crippen LogP contribution in [-0.2, 0) is 6.42 Å². The lowest BCUT2D eigenvalue weighted by molar-refractivity contribution is 0.299. The maximum absolute atomic E-state index is 9.50. The molecule has 0 unspecified atom stereocenters. The van der Waals surface area contributed by atoms with Crippen molar-refractivity contribution in [3.8, 4) is 28.1 Å². The topological polar surface area (TPSA) is 42.4 Å². The van der Waals surface area contributed by atoms with Gasteiger partial charge < -0.3 is 9.84 Å². The molecule has 27 heavy (non-hydrogen) atoms. The molecule has 0 amide bonds. The standard InChI is InChI=1S/C24H21NO2/c1-27-19-11-12-20(18(15-19)13-14-26)24-16-22(17-7-3-2-4-8-17)21-9-5-6-10-23(21)25-24/h2-12,15-16,26H,13-14H2,1H3. The van der Waals surface area contributed by atoms with Gasteiger partial charge in [0.05, 0.1) is 18.3 Å². The predicted molar refractivity (Wildman–Crippen MR) is 110 cm³/mol. The van der Waals surface area contributed by atoms with Crippen LogP contribution in [0.5, 0.6) is 5.75 Å². The highest BCUT2D eigenvalue weighted by atomic mass is 16.5.